The quantitative estimate of drug-likeness (QED) is 0.345. The van der Waals surface area contributed by atoms with Crippen LogP contribution in [0, 0.1) is 13.8 Å². The summed E-state index contributed by atoms with van der Waals surface area (Å²) in [4.78, 5) is 30.6. The highest BCUT2D eigenvalue weighted by Crippen LogP contribution is 2.37. The molecule has 13 heteroatoms. The molecular formula is C20H14ClF3N4O3S2. The first-order chi connectivity index (χ1) is 15.5. The fraction of sp³-hybridized carbons (Fsp3) is 0.200. The Hall–Kier alpha value is -2.96. The van der Waals surface area contributed by atoms with Gasteiger partial charge in [-0.2, -0.15) is 18.3 Å². The normalized spacial score (nSPS) is 11.7. The number of fused-ring (bicyclic) bond motifs is 1. The van der Waals surface area contributed by atoms with Crippen molar-refractivity contribution in [1.29, 1.82) is 0 Å². The van der Waals surface area contributed by atoms with Crippen LogP contribution in [0.15, 0.2) is 23.6 Å². The molecule has 1 N–H and O–H groups in total. The van der Waals surface area contributed by atoms with Gasteiger partial charge in [-0.15, -0.1) is 22.7 Å². The summed E-state index contributed by atoms with van der Waals surface area (Å²) >= 11 is 8.62. The zero-order chi connectivity index (χ0) is 24.1. The lowest BCUT2D eigenvalue weighted by atomic mass is 10.1. The van der Waals surface area contributed by atoms with Crippen LogP contribution in [0.4, 0.5) is 18.2 Å². The van der Waals surface area contributed by atoms with Crippen LogP contribution in [0.1, 0.15) is 37.0 Å². The van der Waals surface area contributed by atoms with E-state index in [9.17, 15) is 22.8 Å². The molecule has 0 saturated carbocycles. The molecule has 4 aromatic rings. The SMILES string of the molecule is COC(=O)c1c(NC(=O)c2nn3c(C(F)(F)F)cc(-c4cccs4)nc3c2Cl)sc(C)c1C. The van der Waals surface area contributed by atoms with Crippen LogP contribution in [0.25, 0.3) is 16.2 Å². The number of halogens is 4. The molecule has 7 nitrogen and oxygen atoms in total. The van der Waals surface area contributed by atoms with Crippen molar-refractivity contribution in [3.05, 3.63) is 56.0 Å². The Morgan fingerprint density at radius 3 is 2.61 bits per heavy atom. The third-order valence-electron chi connectivity index (χ3n) is 4.81. The van der Waals surface area contributed by atoms with Crippen molar-refractivity contribution in [3.63, 3.8) is 0 Å². The van der Waals surface area contributed by atoms with E-state index in [4.69, 9.17) is 16.3 Å². The molecule has 33 heavy (non-hydrogen) atoms. The van der Waals surface area contributed by atoms with Gasteiger partial charge in [-0.25, -0.2) is 14.3 Å². The average Bonchev–Trinajstić information content (AvgIpc) is 3.46. The second-order valence-corrected chi connectivity index (χ2v) is 9.38. The summed E-state index contributed by atoms with van der Waals surface area (Å²) in [6.45, 7) is 3.45. The summed E-state index contributed by atoms with van der Waals surface area (Å²) in [6, 6.07) is 4.16. The number of nitrogens with one attached hydrogen (secondary N) is 1. The number of aryl methyl sites for hydroxylation is 1. The van der Waals surface area contributed by atoms with E-state index in [0.717, 1.165) is 22.3 Å². The highest BCUT2D eigenvalue weighted by molar-refractivity contribution is 7.16. The molecule has 0 aliphatic carbocycles. The van der Waals surface area contributed by atoms with Crippen molar-refractivity contribution in [2.75, 3.05) is 12.4 Å². The summed E-state index contributed by atoms with van der Waals surface area (Å²) in [5, 5.41) is 7.86. The Bertz CT molecular complexity index is 1390. The van der Waals surface area contributed by atoms with E-state index in [-0.39, 0.29) is 26.9 Å². The largest absolute Gasteiger partial charge is 0.465 e. The van der Waals surface area contributed by atoms with Crippen LogP contribution in [0.5, 0.6) is 0 Å². The van der Waals surface area contributed by atoms with E-state index >= 15 is 0 Å². The van der Waals surface area contributed by atoms with Gasteiger partial charge in [0.2, 0.25) is 0 Å². The molecule has 0 atom stereocenters. The highest BCUT2D eigenvalue weighted by Gasteiger charge is 2.37. The molecule has 0 radical (unpaired) electrons. The lowest BCUT2D eigenvalue weighted by Crippen LogP contribution is -2.16. The predicted octanol–water partition coefficient (Wildman–Crippen LogP) is 5.85. The van der Waals surface area contributed by atoms with Gasteiger partial charge >= 0.3 is 12.1 Å². The van der Waals surface area contributed by atoms with Crippen LogP contribution in [-0.4, -0.2) is 33.6 Å². The monoisotopic (exact) mass is 514 g/mol. The zero-order valence-electron chi connectivity index (χ0n) is 17.2. The van der Waals surface area contributed by atoms with Crippen LogP contribution in [-0.2, 0) is 10.9 Å². The maximum absolute atomic E-state index is 13.8. The first-order valence-electron chi connectivity index (χ1n) is 9.23. The van der Waals surface area contributed by atoms with Crippen molar-refractivity contribution in [2.45, 2.75) is 20.0 Å². The van der Waals surface area contributed by atoms with Gasteiger partial charge in [0.1, 0.15) is 10.0 Å². The molecule has 172 valence electrons. The third-order valence-corrected chi connectivity index (χ3v) is 7.18. The minimum Gasteiger partial charge on any atom is -0.465 e. The molecule has 1 amide bonds. The van der Waals surface area contributed by atoms with Crippen LogP contribution in [0.3, 0.4) is 0 Å². The van der Waals surface area contributed by atoms with E-state index in [1.165, 1.54) is 18.4 Å². The van der Waals surface area contributed by atoms with Gasteiger partial charge in [0.15, 0.2) is 17.0 Å². The third kappa shape index (κ3) is 4.09. The Kier molecular flexibility index (Phi) is 5.93. The number of carbonyl (C=O) groups is 2. The maximum Gasteiger partial charge on any atom is 0.433 e. The molecule has 0 unspecified atom stereocenters. The van der Waals surface area contributed by atoms with Gasteiger partial charge in [-0.3, -0.25) is 4.79 Å². The fourth-order valence-corrected chi connectivity index (χ4v) is 5.09. The molecule has 0 saturated heterocycles. The molecule has 0 fully saturated rings. The number of hydrogen-bond acceptors (Lipinski definition) is 7. The lowest BCUT2D eigenvalue weighted by molar-refractivity contribution is -0.142. The molecule has 4 rings (SSSR count). The first kappa shape index (κ1) is 23.2. The zero-order valence-corrected chi connectivity index (χ0v) is 19.6. The summed E-state index contributed by atoms with van der Waals surface area (Å²) in [7, 11) is 1.20. The van der Waals surface area contributed by atoms with Crippen molar-refractivity contribution >= 4 is 56.8 Å². The lowest BCUT2D eigenvalue weighted by Gasteiger charge is -2.10. The van der Waals surface area contributed by atoms with Gasteiger partial charge in [0.05, 0.1) is 23.2 Å². The van der Waals surface area contributed by atoms with Crippen molar-refractivity contribution in [3.8, 4) is 10.6 Å². The van der Waals surface area contributed by atoms with Gasteiger partial charge in [0.25, 0.3) is 5.91 Å². The van der Waals surface area contributed by atoms with Gasteiger partial charge < -0.3 is 10.1 Å². The molecule has 0 aliphatic heterocycles. The van der Waals surface area contributed by atoms with Crippen LogP contribution < -0.4 is 5.32 Å². The number of alkyl halides is 3. The van der Waals surface area contributed by atoms with Crippen LogP contribution >= 0.6 is 34.3 Å². The smallest absolute Gasteiger partial charge is 0.433 e. The molecular weight excluding hydrogens is 501 g/mol. The second kappa shape index (κ2) is 8.43. The maximum atomic E-state index is 13.8. The number of anilines is 1. The topological polar surface area (TPSA) is 85.6 Å². The number of esters is 1. The van der Waals surface area contributed by atoms with E-state index in [2.05, 4.69) is 15.4 Å². The van der Waals surface area contributed by atoms with E-state index in [1.807, 2.05) is 0 Å². The van der Waals surface area contributed by atoms with Crippen LogP contribution in [0.2, 0.25) is 5.02 Å². The summed E-state index contributed by atoms with van der Waals surface area (Å²) in [6.07, 6.45) is -4.78. The molecule has 4 aromatic heterocycles. The minimum absolute atomic E-state index is 0.0519. The average molecular weight is 515 g/mol. The number of hydrogen-bond donors (Lipinski definition) is 1. The number of nitrogens with zero attached hydrogens (tertiary/aromatic N) is 3. The van der Waals surface area contributed by atoms with Crippen molar-refractivity contribution in [2.24, 2.45) is 0 Å². The van der Waals surface area contributed by atoms with Gasteiger partial charge in [-0.05, 0) is 36.9 Å². The Labute approximate surface area is 197 Å². The molecule has 0 bridgehead atoms. The number of aromatic nitrogens is 3. The Morgan fingerprint density at radius 2 is 2.00 bits per heavy atom. The summed E-state index contributed by atoms with van der Waals surface area (Å²) in [5.41, 5.74) is -1.08. The number of methoxy groups -OCH3 is 1. The predicted molar refractivity (Wildman–Crippen MR) is 119 cm³/mol. The van der Waals surface area contributed by atoms with Crippen molar-refractivity contribution < 1.29 is 27.5 Å². The molecule has 0 aromatic carbocycles. The van der Waals surface area contributed by atoms with E-state index in [1.54, 1.807) is 31.4 Å². The highest BCUT2D eigenvalue weighted by atomic mass is 35.5. The summed E-state index contributed by atoms with van der Waals surface area (Å²) < 4.78 is 46.6. The molecule has 4 heterocycles. The van der Waals surface area contributed by atoms with E-state index in [0.29, 0.717) is 15.0 Å². The number of rotatable bonds is 4. The van der Waals surface area contributed by atoms with E-state index < -0.39 is 29.4 Å². The van der Waals surface area contributed by atoms with Gasteiger partial charge in [0, 0.05) is 4.88 Å². The number of ether oxygens (including phenoxy) is 1. The first-order valence-corrected chi connectivity index (χ1v) is 11.3. The number of thiophene rings is 2. The number of amides is 1. The minimum atomic E-state index is -4.78. The molecule has 0 aliphatic rings. The Balaban J connectivity index is 1.83. The standard InChI is InChI=1S/C20H14ClF3N4O3S2/c1-8-9(2)33-18(13(8)19(30)31-3)26-17(29)15-14(21)16-25-10(11-5-4-6-32-11)7-12(20(22,23)24)28(16)27-15/h4-7H,1-3H3,(H,26,29). The van der Waals surface area contributed by atoms with Gasteiger partial charge in [-0.1, -0.05) is 17.7 Å². The second-order valence-electron chi connectivity index (χ2n) is 6.83. The fourth-order valence-electron chi connectivity index (χ4n) is 3.11. The summed E-state index contributed by atoms with van der Waals surface area (Å²) in [5.74, 6) is -1.54. The van der Waals surface area contributed by atoms with Crippen molar-refractivity contribution in [1.82, 2.24) is 14.6 Å². The Morgan fingerprint density at radius 1 is 1.27 bits per heavy atom. The molecule has 0 spiro atoms. The number of carbonyl (C=O) groups excluding carboxylic acids is 2.